The lowest BCUT2D eigenvalue weighted by Crippen LogP contribution is -2.32. The Morgan fingerprint density at radius 1 is 1.20 bits per heavy atom. The highest BCUT2D eigenvalue weighted by Gasteiger charge is 2.13. The topological polar surface area (TPSA) is 51.0 Å². The van der Waals surface area contributed by atoms with Crippen LogP contribution in [0.5, 0.6) is 0 Å². The molecule has 0 radical (unpaired) electrons. The molecule has 0 aliphatic rings. The number of carbonyl (C=O) groups is 1. The Hall–Kier alpha value is -2.17. The molecule has 5 heteroatoms. The summed E-state index contributed by atoms with van der Waals surface area (Å²) in [5.74, 6) is 0. The van der Waals surface area contributed by atoms with E-state index in [2.05, 4.69) is 10.2 Å². The lowest BCUT2D eigenvalue weighted by molar-refractivity contribution is 0.243. The minimum Gasteiger partial charge on any atom is -0.294 e. The van der Waals surface area contributed by atoms with Crippen LogP contribution in [-0.4, -0.2) is 28.1 Å². The fourth-order valence-corrected chi connectivity index (χ4v) is 1.21. The molecule has 1 aromatic carbocycles. The van der Waals surface area contributed by atoms with E-state index in [1.807, 2.05) is 30.3 Å². The third-order valence-electron chi connectivity index (χ3n) is 2.02. The van der Waals surface area contributed by atoms with E-state index < -0.39 is 0 Å². The lowest BCUT2D eigenvalue weighted by Gasteiger charge is -2.15. The van der Waals surface area contributed by atoms with Crippen LogP contribution in [0.4, 0.5) is 10.5 Å². The Balaban J connectivity index is 2.23. The number of carbonyl (C=O) groups excluding carboxylic acids is 1. The summed E-state index contributed by atoms with van der Waals surface area (Å²) < 4.78 is 0. The standard InChI is InChI=1S/C10H10N4O/c1-13(9-5-3-2-4-6-9)10(15)14-11-7-8-12-14/h2-8H,1H3. The first-order valence-electron chi connectivity index (χ1n) is 4.48. The van der Waals surface area contributed by atoms with Gasteiger partial charge in [-0.25, -0.2) is 4.79 Å². The van der Waals surface area contributed by atoms with E-state index in [-0.39, 0.29) is 6.03 Å². The highest BCUT2D eigenvalue weighted by molar-refractivity contribution is 5.91. The minimum atomic E-state index is -0.286. The highest BCUT2D eigenvalue weighted by atomic mass is 16.2. The average Bonchev–Trinajstić information content (AvgIpc) is 2.82. The number of hydrogen-bond acceptors (Lipinski definition) is 3. The Bertz CT molecular complexity index is 438. The molecule has 0 saturated carbocycles. The van der Waals surface area contributed by atoms with Crippen LogP contribution in [0.3, 0.4) is 0 Å². The van der Waals surface area contributed by atoms with Gasteiger partial charge >= 0.3 is 6.03 Å². The van der Waals surface area contributed by atoms with Crippen molar-refractivity contribution in [1.82, 2.24) is 15.0 Å². The molecule has 0 aliphatic carbocycles. The summed E-state index contributed by atoms with van der Waals surface area (Å²) in [6.45, 7) is 0. The molecular formula is C10H10N4O. The molecule has 2 aromatic rings. The molecule has 2 rings (SSSR count). The van der Waals surface area contributed by atoms with E-state index >= 15 is 0 Å². The van der Waals surface area contributed by atoms with Gasteiger partial charge < -0.3 is 0 Å². The van der Waals surface area contributed by atoms with Crippen LogP contribution >= 0.6 is 0 Å². The Morgan fingerprint density at radius 3 is 2.40 bits per heavy atom. The first-order valence-corrected chi connectivity index (χ1v) is 4.48. The quantitative estimate of drug-likeness (QED) is 0.702. The average molecular weight is 202 g/mol. The number of benzene rings is 1. The second-order valence-corrected chi connectivity index (χ2v) is 3.00. The van der Waals surface area contributed by atoms with Crippen LogP contribution in [0.25, 0.3) is 0 Å². The number of nitrogens with zero attached hydrogens (tertiary/aromatic N) is 4. The largest absolute Gasteiger partial charge is 0.366 e. The lowest BCUT2D eigenvalue weighted by atomic mass is 10.3. The fourth-order valence-electron chi connectivity index (χ4n) is 1.21. The number of para-hydroxylation sites is 1. The van der Waals surface area contributed by atoms with E-state index in [0.29, 0.717) is 0 Å². The summed E-state index contributed by atoms with van der Waals surface area (Å²) in [7, 11) is 1.68. The van der Waals surface area contributed by atoms with E-state index in [9.17, 15) is 4.79 Å². The summed E-state index contributed by atoms with van der Waals surface area (Å²) in [5.41, 5.74) is 0.805. The van der Waals surface area contributed by atoms with Gasteiger partial charge in [0.1, 0.15) is 0 Å². The number of hydrogen-bond donors (Lipinski definition) is 0. The van der Waals surface area contributed by atoms with Gasteiger partial charge in [0.2, 0.25) is 0 Å². The summed E-state index contributed by atoms with van der Waals surface area (Å²) in [5, 5.41) is 7.55. The molecular weight excluding hydrogens is 192 g/mol. The zero-order valence-electron chi connectivity index (χ0n) is 8.24. The first-order chi connectivity index (χ1) is 7.29. The second kappa shape index (κ2) is 3.91. The van der Waals surface area contributed by atoms with E-state index in [1.165, 1.54) is 17.3 Å². The molecule has 5 nitrogen and oxygen atoms in total. The molecule has 0 fully saturated rings. The molecule has 1 heterocycles. The van der Waals surface area contributed by atoms with Crippen molar-refractivity contribution in [2.45, 2.75) is 0 Å². The summed E-state index contributed by atoms with van der Waals surface area (Å²) >= 11 is 0. The molecule has 0 atom stereocenters. The maximum atomic E-state index is 11.8. The minimum absolute atomic E-state index is 0.286. The van der Waals surface area contributed by atoms with Gasteiger partial charge in [-0.2, -0.15) is 10.2 Å². The normalized spacial score (nSPS) is 9.93. The summed E-state index contributed by atoms with van der Waals surface area (Å²) in [6.07, 6.45) is 2.94. The van der Waals surface area contributed by atoms with E-state index in [4.69, 9.17) is 0 Å². The molecule has 0 unspecified atom stereocenters. The molecule has 1 amide bonds. The number of anilines is 1. The first kappa shape index (κ1) is 9.39. The van der Waals surface area contributed by atoms with Crippen LogP contribution < -0.4 is 4.90 Å². The van der Waals surface area contributed by atoms with Crippen LogP contribution in [0.15, 0.2) is 42.7 Å². The van der Waals surface area contributed by atoms with Crippen LogP contribution in [0.1, 0.15) is 0 Å². The fraction of sp³-hybridized carbons (Fsp3) is 0.100. The van der Waals surface area contributed by atoms with Crippen molar-refractivity contribution in [2.75, 3.05) is 11.9 Å². The SMILES string of the molecule is CN(C(=O)n1nccn1)c1ccccc1. The van der Waals surface area contributed by atoms with E-state index in [1.54, 1.807) is 7.05 Å². The third-order valence-corrected chi connectivity index (χ3v) is 2.02. The predicted molar refractivity (Wildman–Crippen MR) is 55.7 cm³/mol. The van der Waals surface area contributed by atoms with Crippen molar-refractivity contribution in [1.29, 1.82) is 0 Å². The van der Waals surface area contributed by atoms with Crippen molar-refractivity contribution in [3.63, 3.8) is 0 Å². The maximum Gasteiger partial charge on any atom is 0.366 e. The molecule has 0 aliphatic heterocycles. The van der Waals surface area contributed by atoms with E-state index in [0.717, 1.165) is 10.5 Å². The zero-order chi connectivity index (χ0) is 10.7. The predicted octanol–water partition coefficient (Wildman–Crippen LogP) is 1.38. The van der Waals surface area contributed by atoms with Gasteiger partial charge in [0.25, 0.3) is 0 Å². The highest BCUT2D eigenvalue weighted by Crippen LogP contribution is 2.11. The Morgan fingerprint density at radius 2 is 1.80 bits per heavy atom. The Kier molecular flexibility index (Phi) is 2.45. The van der Waals surface area contributed by atoms with Crippen molar-refractivity contribution in [2.24, 2.45) is 0 Å². The van der Waals surface area contributed by atoms with Crippen molar-refractivity contribution < 1.29 is 4.79 Å². The third kappa shape index (κ3) is 1.85. The molecule has 0 N–H and O–H groups in total. The van der Waals surface area contributed by atoms with Crippen LogP contribution in [0, 0.1) is 0 Å². The van der Waals surface area contributed by atoms with Gasteiger partial charge in [-0.05, 0) is 12.1 Å². The maximum absolute atomic E-state index is 11.8. The molecule has 0 spiro atoms. The van der Waals surface area contributed by atoms with Gasteiger partial charge in [0.15, 0.2) is 0 Å². The van der Waals surface area contributed by atoms with Gasteiger partial charge in [0, 0.05) is 12.7 Å². The van der Waals surface area contributed by atoms with Gasteiger partial charge in [-0.15, -0.1) is 0 Å². The number of rotatable bonds is 1. The second-order valence-electron chi connectivity index (χ2n) is 3.00. The zero-order valence-corrected chi connectivity index (χ0v) is 8.24. The van der Waals surface area contributed by atoms with Crippen molar-refractivity contribution >= 4 is 11.7 Å². The monoisotopic (exact) mass is 202 g/mol. The molecule has 0 bridgehead atoms. The van der Waals surface area contributed by atoms with Gasteiger partial charge in [-0.1, -0.05) is 23.0 Å². The molecule has 1 aromatic heterocycles. The van der Waals surface area contributed by atoms with Crippen molar-refractivity contribution in [3.8, 4) is 0 Å². The molecule has 15 heavy (non-hydrogen) atoms. The van der Waals surface area contributed by atoms with Crippen LogP contribution in [-0.2, 0) is 0 Å². The molecule has 0 saturated heterocycles. The van der Waals surface area contributed by atoms with Gasteiger partial charge in [0.05, 0.1) is 12.4 Å². The van der Waals surface area contributed by atoms with Gasteiger partial charge in [-0.3, -0.25) is 4.90 Å². The number of amides is 1. The smallest absolute Gasteiger partial charge is 0.294 e. The Labute approximate surface area is 86.9 Å². The number of aromatic nitrogens is 3. The summed E-state index contributed by atoms with van der Waals surface area (Å²) in [6, 6.07) is 9.05. The van der Waals surface area contributed by atoms with Crippen LogP contribution in [0.2, 0.25) is 0 Å². The van der Waals surface area contributed by atoms with Crippen molar-refractivity contribution in [3.05, 3.63) is 42.7 Å². The molecule has 76 valence electrons. The summed E-state index contributed by atoms with van der Waals surface area (Å²) in [4.78, 5) is 14.3.